The maximum atomic E-state index is 12.1. The number of carbonyl (C=O) groups excluding carboxylic acids is 3. The molecule has 25 heavy (non-hydrogen) atoms. The van der Waals surface area contributed by atoms with E-state index >= 15 is 0 Å². The Balaban J connectivity index is 1.53. The van der Waals surface area contributed by atoms with Crippen molar-refractivity contribution in [3.63, 3.8) is 0 Å². The molecule has 1 aliphatic carbocycles. The fourth-order valence-electron chi connectivity index (χ4n) is 2.83. The number of nitrogens with one attached hydrogen (secondary N) is 1. The van der Waals surface area contributed by atoms with E-state index in [2.05, 4.69) is 5.32 Å². The number of esters is 1. The summed E-state index contributed by atoms with van der Waals surface area (Å²) < 4.78 is 5.06. The largest absolute Gasteiger partial charge is 0.452 e. The van der Waals surface area contributed by atoms with E-state index in [1.54, 1.807) is 18.2 Å². The van der Waals surface area contributed by atoms with E-state index in [0.29, 0.717) is 16.8 Å². The third-order valence-corrected chi connectivity index (χ3v) is 4.12. The summed E-state index contributed by atoms with van der Waals surface area (Å²) in [4.78, 5) is 34.9. The molecule has 0 saturated carbocycles. The molecule has 2 amide bonds. The van der Waals surface area contributed by atoms with Gasteiger partial charge in [0.25, 0.3) is 5.91 Å². The topological polar surface area (TPSA) is 98.5 Å². The van der Waals surface area contributed by atoms with Crippen LogP contribution in [-0.4, -0.2) is 24.4 Å². The van der Waals surface area contributed by atoms with Gasteiger partial charge >= 0.3 is 5.97 Å². The molecule has 2 aromatic rings. The van der Waals surface area contributed by atoms with Crippen molar-refractivity contribution in [3.05, 3.63) is 64.7 Å². The lowest BCUT2D eigenvalue weighted by atomic mass is 10.1. The van der Waals surface area contributed by atoms with Gasteiger partial charge < -0.3 is 15.8 Å². The SMILES string of the molecule is NC(=O)c1ccc(NC(=O)COC(=O)c2ccc3c(c2)CCC3)cc1. The van der Waals surface area contributed by atoms with E-state index < -0.39 is 17.8 Å². The highest BCUT2D eigenvalue weighted by Gasteiger charge is 2.15. The first-order valence-electron chi connectivity index (χ1n) is 8.01. The molecular formula is C19H18N2O4. The van der Waals surface area contributed by atoms with Gasteiger partial charge in [-0.05, 0) is 66.8 Å². The molecule has 0 heterocycles. The van der Waals surface area contributed by atoms with E-state index in [0.717, 1.165) is 19.3 Å². The average Bonchev–Trinajstić information content (AvgIpc) is 3.07. The predicted molar refractivity (Wildman–Crippen MR) is 92.3 cm³/mol. The van der Waals surface area contributed by atoms with E-state index in [-0.39, 0.29) is 6.61 Å². The van der Waals surface area contributed by atoms with Crippen LogP contribution in [-0.2, 0) is 22.4 Å². The molecule has 0 spiro atoms. The Hall–Kier alpha value is -3.15. The molecule has 2 aromatic carbocycles. The van der Waals surface area contributed by atoms with Gasteiger partial charge in [0, 0.05) is 11.3 Å². The Morgan fingerprint density at radius 2 is 1.64 bits per heavy atom. The third-order valence-electron chi connectivity index (χ3n) is 4.12. The number of fused-ring (bicyclic) bond motifs is 1. The molecule has 0 unspecified atom stereocenters. The first kappa shape index (κ1) is 16.7. The number of benzene rings is 2. The molecule has 0 aromatic heterocycles. The van der Waals surface area contributed by atoms with Gasteiger partial charge in [0.2, 0.25) is 5.91 Å². The van der Waals surface area contributed by atoms with Gasteiger partial charge in [-0.3, -0.25) is 9.59 Å². The Morgan fingerprint density at radius 3 is 2.36 bits per heavy atom. The number of hydrogen-bond acceptors (Lipinski definition) is 4. The van der Waals surface area contributed by atoms with Crippen molar-refractivity contribution < 1.29 is 19.1 Å². The predicted octanol–water partition coefficient (Wildman–Crippen LogP) is 2.07. The van der Waals surface area contributed by atoms with Crippen LogP contribution in [0.3, 0.4) is 0 Å². The minimum absolute atomic E-state index is 0.348. The molecule has 0 fully saturated rings. The Kier molecular flexibility index (Phi) is 4.79. The molecular weight excluding hydrogens is 320 g/mol. The monoisotopic (exact) mass is 338 g/mol. The summed E-state index contributed by atoms with van der Waals surface area (Å²) in [5.74, 6) is -1.52. The number of amides is 2. The molecule has 0 radical (unpaired) electrons. The minimum Gasteiger partial charge on any atom is -0.452 e. The molecule has 1 aliphatic rings. The highest BCUT2D eigenvalue weighted by atomic mass is 16.5. The number of carbonyl (C=O) groups is 3. The quantitative estimate of drug-likeness (QED) is 0.815. The van der Waals surface area contributed by atoms with Gasteiger partial charge in [-0.2, -0.15) is 0 Å². The molecule has 3 N–H and O–H groups in total. The van der Waals surface area contributed by atoms with E-state index in [1.807, 2.05) is 12.1 Å². The fourth-order valence-corrected chi connectivity index (χ4v) is 2.83. The van der Waals surface area contributed by atoms with Gasteiger partial charge in [0.05, 0.1) is 5.56 Å². The first-order chi connectivity index (χ1) is 12.0. The second-order valence-corrected chi connectivity index (χ2v) is 5.90. The van der Waals surface area contributed by atoms with Crippen molar-refractivity contribution in [2.45, 2.75) is 19.3 Å². The second-order valence-electron chi connectivity index (χ2n) is 5.90. The van der Waals surface area contributed by atoms with Crippen LogP contribution in [0.4, 0.5) is 5.69 Å². The van der Waals surface area contributed by atoms with Crippen LogP contribution in [0.2, 0.25) is 0 Å². The molecule has 0 aliphatic heterocycles. The van der Waals surface area contributed by atoms with E-state index in [1.165, 1.54) is 23.3 Å². The molecule has 128 valence electrons. The number of ether oxygens (including phenoxy) is 1. The number of aryl methyl sites for hydroxylation is 2. The normalized spacial score (nSPS) is 12.3. The average molecular weight is 338 g/mol. The number of rotatable bonds is 5. The summed E-state index contributed by atoms with van der Waals surface area (Å²) in [5.41, 5.74) is 8.89. The maximum Gasteiger partial charge on any atom is 0.338 e. The first-order valence-corrected chi connectivity index (χ1v) is 8.01. The fraction of sp³-hybridized carbons (Fsp3) is 0.211. The van der Waals surface area contributed by atoms with Crippen molar-refractivity contribution in [2.24, 2.45) is 5.73 Å². The van der Waals surface area contributed by atoms with Crippen LogP contribution in [0.25, 0.3) is 0 Å². The van der Waals surface area contributed by atoms with Gasteiger partial charge in [0.15, 0.2) is 6.61 Å². The molecule has 0 atom stereocenters. The lowest BCUT2D eigenvalue weighted by molar-refractivity contribution is -0.119. The minimum atomic E-state index is -0.541. The lowest BCUT2D eigenvalue weighted by Crippen LogP contribution is -2.21. The summed E-state index contributed by atoms with van der Waals surface area (Å²) in [7, 11) is 0. The zero-order valence-corrected chi connectivity index (χ0v) is 13.6. The second kappa shape index (κ2) is 7.17. The summed E-state index contributed by atoms with van der Waals surface area (Å²) in [6.07, 6.45) is 3.12. The zero-order chi connectivity index (χ0) is 17.8. The highest BCUT2D eigenvalue weighted by Crippen LogP contribution is 2.23. The molecule has 6 nitrogen and oxygen atoms in total. The zero-order valence-electron chi connectivity index (χ0n) is 13.6. The third kappa shape index (κ3) is 4.03. The van der Waals surface area contributed by atoms with E-state index in [4.69, 9.17) is 10.5 Å². The summed E-state index contributed by atoms with van der Waals surface area (Å²) in [6.45, 7) is -0.381. The van der Waals surface area contributed by atoms with Crippen LogP contribution in [0.5, 0.6) is 0 Å². The highest BCUT2D eigenvalue weighted by molar-refractivity contribution is 5.96. The standard InChI is InChI=1S/C19H18N2O4/c20-18(23)13-6-8-16(9-7-13)21-17(22)11-25-19(24)15-5-4-12-2-1-3-14(12)10-15/h4-10H,1-3,11H2,(H2,20,23)(H,21,22). The number of hydrogen-bond donors (Lipinski definition) is 2. The van der Waals surface area contributed by atoms with E-state index in [9.17, 15) is 14.4 Å². The summed E-state index contributed by atoms with van der Waals surface area (Å²) in [6, 6.07) is 11.6. The van der Waals surface area contributed by atoms with Crippen molar-refractivity contribution in [2.75, 3.05) is 11.9 Å². The van der Waals surface area contributed by atoms with Gasteiger partial charge in [-0.25, -0.2) is 4.79 Å². The van der Waals surface area contributed by atoms with Crippen molar-refractivity contribution in [1.29, 1.82) is 0 Å². The lowest BCUT2D eigenvalue weighted by Gasteiger charge is -2.08. The van der Waals surface area contributed by atoms with Crippen molar-refractivity contribution in [1.82, 2.24) is 0 Å². The van der Waals surface area contributed by atoms with Crippen LogP contribution in [0.1, 0.15) is 38.3 Å². The number of primary amides is 1. The number of anilines is 1. The van der Waals surface area contributed by atoms with Gasteiger partial charge in [0.1, 0.15) is 0 Å². The molecule has 3 rings (SSSR count). The van der Waals surface area contributed by atoms with Crippen LogP contribution in [0, 0.1) is 0 Å². The summed E-state index contributed by atoms with van der Waals surface area (Å²) in [5, 5.41) is 2.59. The van der Waals surface area contributed by atoms with Crippen molar-refractivity contribution in [3.8, 4) is 0 Å². The molecule has 0 bridgehead atoms. The Labute approximate surface area is 145 Å². The van der Waals surface area contributed by atoms with Crippen molar-refractivity contribution >= 4 is 23.5 Å². The molecule has 6 heteroatoms. The van der Waals surface area contributed by atoms with Gasteiger partial charge in [-0.1, -0.05) is 6.07 Å². The maximum absolute atomic E-state index is 12.1. The van der Waals surface area contributed by atoms with Crippen LogP contribution < -0.4 is 11.1 Å². The Bertz CT molecular complexity index is 828. The van der Waals surface area contributed by atoms with Crippen LogP contribution >= 0.6 is 0 Å². The van der Waals surface area contributed by atoms with Gasteiger partial charge in [-0.15, -0.1) is 0 Å². The Morgan fingerprint density at radius 1 is 0.960 bits per heavy atom. The smallest absolute Gasteiger partial charge is 0.338 e. The summed E-state index contributed by atoms with van der Waals surface area (Å²) >= 11 is 0. The molecule has 0 saturated heterocycles. The van der Waals surface area contributed by atoms with Crippen LogP contribution in [0.15, 0.2) is 42.5 Å². The number of nitrogens with two attached hydrogens (primary N) is 1.